The molecule has 1 rings (SSSR count). The van der Waals surface area contributed by atoms with Crippen molar-refractivity contribution in [2.75, 3.05) is 0 Å². The van der Waals surface area contributed by atoms with Crippen LogP contribution in [0.2, 0.25) is 0 Å². The molecule has 0 amide bonds. The lowest BCUT2D eigenvalue weighted by Gasteiger charge is -2.17. The van der Waals surface area contributed by atoms with Crippen molar-refractivity contribution < 1.29 is 23.1 Å². The highest BCUT2D eigenvalue weighted by Crippen LogP contribution is 2.28. The molecule has 0 spiro atoms. The molecule has 1 unspecified atom stereocenters. The van der Waals surface area contributed by atoms with Gasteiger partial charge in [0.1, 0.15) is 0 Å². The normalized spacial score (nSPS) is 13.6. The van der Waals surface area contributed by atoms with Gasteiger partial charge < -0.3 is 5.11 Å². The summed E-state index contributed by atoms with van der Waals surface area (Å²) in [5, 5.41) is 12.6. The van der Waals surface area contributed by atoms with Crippen LogP contribution < -0.4 is 0 Å². The monoisotopic (exact) mass is 264 g/mol. The van der Waals surface area contributed by atoms with E-state index in [1.54, 1.807) is 13.0 Å². The van der Waals surface area contributed by atoms with Crippen LogP contribution in [-0.2, 0) is 24.2 Å². The quantitative estimate of drug-likeness (QED) is 0.887. The number of rotatable bonds is 5. The first kappa shape index (κ1) is 14.5. The van der Waals surface area contributed by atoms with E-state index in [0.717, 1.165) is 4.68 Å². The highest BCUT2D eigenvalue weighted by atomic mass is 19.4. The molecule has 1 N–H and O–H groups in total. The van der Waals surface area contributed by atoms with E-state index in [-0.39, 0.29) is 0 Å². The Morgan fingerprint density at radius 2 is 2.06 bits per heavy atom. The van der Waals surface area contributed by atoms with Crippen LogP contribution in [0.1, 0.15) is 25.2 Å². The molecule has 0 aromatic carbocycles. The van der Waals surface area contributed by atoms with E-state index in [0.29, 0.717) is 24.2 Å². The van der Waals surface area contributed by atoms with Gasteiger partial charge in [-0.15, -0.1) is 0 Å². The molecule has 1 aromatic heterocycles. The smallest absolute Gasteiger partial charge is 0.404 e. The summed E-state index contributed by atoms with van der Waals surface area (Å²) < 4.78 is 38.8. The van der Waals surface area contributed by atoms with Gasteiger partial charge in [-0.1, -0.05) is 13.8 Å². The molecule has 1 heterocycles. The summed E-state index contributed by atoms with van der Waals surface area (Å²) in [6.45, 7) is 2.95. The van der Waals surface area contributed by atoms with Crippen LogP contribution in [0.3, 0.4) is 0 Å². The molecule has 7 heteroatoms. The van der Waals surface area contributed by atoms with Gasteiger partial charge in [0.05, 0.1) is 12.2 Å². The molecule has 1 atom stereocenters. The van der Waals surface area contributed by atoms with Crippen molar-refractivity contribution in [2.24, 2.45) is 5.92 Å². The van der Waals surface area contributed by atoms with Crippen LogP contribution in [-0.4, -0.2) is 27.0 Å². The number of aryl methyl sites for hydroxylation is 2. The molecule has 102 valence electrons. The van der Waals surface area contributed by atoms with E-state index < -0.39 is 24.6 Å². The molecule has 0 radical (unpaired) electrons. The van der Waals surface area contributed by atoms with Crippen molar-refractivity contribution >= 4 is 5.97 Å². The SMILES string of the molecule is CCc1cc(CC)n(CC(C(=O)O)C(F)(F)F)n1. The highest BCUT2D eigenvalue weighted by molar-refractivity contribution is 5.70. The standard InChI is InChI=1S/C11H15F3N2O2/c1-3-7-5-8(4-2)16(15-7)6-9(10(17)18)11(12,13)14/h5,9H,3-4,6H2,1-2H3,(H,17,18). The van der Waals surface area contributed by atoms with E-state index >= 15 is 0 Å². The van der Waals surface area contributed by atoms with Crippen LogP contribution >= 0.6 is 0 Å². The van der Waals surface area contributed by atoms with Gasteiger partial charge in [0, 0.05) is 5.69 Å². The molecule has 0 aliphatic carbocycles. The van der Waals surface area contributed by atoms with Crippen molar-refractivity contribution in [3.8, 4) is 0 Å². The molecule has 0 bridgehead atoms. The van der Waals surface area contributed by atoms with Crippen LogP contribution in [0.25, 0.3) is 0 Å². The second-order valence-corrected chi connectivity index (χ2v) is 3.95. The van der Waals surface area contributed by atoms with Gasteiger partial charge >= 0.3 is 12.1 Å². The molecule has 0 aliphatic rings. The Morgan fingerprint density at radius 3 is 2.44 bits per heavy atom. The zero-order chi connectivity index (χ0) is 13.9. The Kier molecular flexibility index (Phi) is 4.37. The molecule has 0 aliphatic heterocycles. The third-order valence-electron chi connectivity index (χ3n) is 2.69. The van der Waals surface area contributed by atoms with Crippen molar-refractivity contribution in [2.45, 2.75) is 39.4 Å². The van der Waals surface area contributed by atoms with E-state index in [9.17, 15) is 18.0 Å². The van der Waals surface area contributed by atoms with E-state index in [1.165, 1.54) is 0 Å². The topological polar surface area (TPSA) is 55.1 Å². The van der Waals surface area contributed by atoms with Gasteiger partial charge in [-0.2, -0.15) is 18.3 Å². The number of aromatic nitrogens is 2. The minimum Gasteiger partial charge on any atom is -0.481 e. The molecule has 4 nitrogen and oxygen atoms in total. The summed E-state index contributed by atoms with van der Waals surface area (Å²) in [7, 11) is 0. The Balaban J connectivity index is 3.00. The van der Waals surface area contributed by atoms with Gasteiger partial charge in [-0.3, -0.25) is 9.48 Å². The number of aliphatic carboxylic acids is 1. The Bertz CT molecular complexity index is 426. The molecule has 18 heavy (non-hydrogen) atoms. The van der Waals surface area contributed by atoms with E-state index in [4.69, 9.17) is 5.11 Å². The zero-order valence-corrected chi connectivity index (χ0v) is 10.2. The number of carbonyl (C=O) groups is 1. The van der Waals surface area contributed by atoms with E-state index in [1.807, 2.05) is 6.92 Å². The third-order valence-corrected chi connectivity index (χ3v) is 2.69. The molecular formula is C11H15F3N2O2. The second kappa shape index (κ2) is 5.41. The maximum absolute atomic E-state index is 12.6. The summed E-state index contributed by atoms with van der Waals surface area (Å²) in [5.41, 5.74) is 1.28. The number of carboxylic acid groups (broad SMARTS) is 1. The Hall–Kier alpha value is -1.53. The highest BCUT2D eigenvalue weighted by Gasteiger charge is 2.45. The van der Waals surface area contributed by atoms with Crippen molar-refractivity contribution in [3.05, 3.63) is 17.5 Å². The van der Waals surface area contributed by atoms with Crippen LogP contribution in [0, 0.1) is 5.92 Å². The molecule has 0 saturated carbocycles. The number of carboxylic acids is 1. The molecule has 1 aromatic rings. The maximum atomic E-state index is 12.6. The van der Waals surface area contributed by atoms with E-state index in [2.05, 4.69) is 5.10 Å². The fourth-order valence-corrected chi connectivity index (χ4v) is 1.62. The molecule has 0 saturated heterocycles. The first-order valence-corrected chi connectivity index (χ1v) is 5.64. The zero-order valence-electron chi connectivity index (χ0n) is 10.2. The lowest BCUT2D eigenvalue weighted by Crippen LogP contribution is -2.35. The fourth-order valence-electron chi connectivity index (χ4n) is 1.62. The van der Waals surface area contributed by atoms with Gasteiger partial charge in [0.2, 0.25) is 0 Å². The van der Waals surface area contributed by atoms with Gasteiger partial charge in [0.15, 0.2) is 5.92 Å². The number of hydrogen-bond acceptors (Lipinski definition) is 2. The predicted octanol–water partition coefficient (Wildman–Crippen LogP) is 2.27. The van der Waals surface area contributed by atoms with Gasteiger partial charge in [0.25, 0.3) is 0 Å². The summed E-state index contributed by atoms with van der Waals surface area (Å²) in [4.78, 5) is 10.7. The predicted molar refractivity (Wildman–Crippen MR) is 58.2 cm³/mol. The second-order valence-electron chi connectivity index (χ2n) is 3.95. The van der Waals surface area contributed by atoms with Crippen molar-refractivity contribution in [1.29, 1.82) is 0 Å². The largest absolute Gasteiger partial charge is 0.481 e. The summed E-state index contributed by atoms with van der Waals surface area (Å²) in [6.07, 6.45) is -3.66. The lowest BCUT2D eigenvalue weighted by atomic mass is 10.1. The lowest BCUT2D eigenvalue weighted by molar-refractivity contribution is -0.196. The summed E-state index contributed by atoms with van der Waals surface area (Å²) in [6, 6.07) is 1.70. The Morgan fingerprint density at radius 1 is 1.44 bits per heavy atom. The number of alkyl halides is 3. The first-order chi connectivity index (χ1) is 8.29. The first-order valence-electron chi connectivity index (χ1n) is 5.64. The van der Waals surface area contributed by atoms with Crippen molar-refractivity contribution in [1.82, 2.24) is 9.78 Å². The maximum Gasteiger partial charge on any atom is 0.404 e. The van der Waals surface area contributed by atoms with Crippen LogP contribution in [0.15, 0.2) is 6.07 Å². The fraction of sp³-hybridized carbons (Fsp3) is 0.636. The summed E-state index contributed by atoms with van der Waals surface area (Å²) in [5.74, 6) is -4.30. The number of nitrogens with zero attached hydrogens (tertiary/aromatic N) is 2. The van der Waals surface area contributed by atoms with Crippen molar-refractivity contribution in [3.63, 3.8) is 0 Å². The average Bonchev–Trinajstić information content (AvgIpc) is 2.66. The number of halogens is 3. The minimum atomic E-state index is -4.77. The third kappa shape index (κ3) is 3.24. The van der Waals surface area contributed by atoms with Crippen LogP contribution in [0.4, 0.5) is 13.2 Å². The Labute approximate surface area is 102 Å². The number of hydrogen-bond donors (Lipinski definition) is 1. The van der Waals surface area contributed by atoms with Crippen LogP contribution in [0.5, 0.6) is 0 Å². The molecular weight excluding hydrogens is 249 g/mol. The average molecular weight is 264 g/mol. The minimum absolute atomic E-state index is 0.511. The van der Waals surface area contributed by atoms with Gasteiger partial charge in [-0.25, -0.2) is 0 Å². The summed E-state index contributed by atoms with van der Waals surface area (Å²) >= 11 is 0. The molecule has 0 fully saturated rings. The van der Waals surface area contributed by atoms with Gasteiger partial charge in [-0.05, 0) is 18.9 Å².